The Morgan fingerprint density at radius 2 is 2.24 bits per heavy atom. The Labute approximate surface area is 149 Å². The molecule has 7 nitrogen and oxygen atoms in total. The van der Waals surface area contributed by atoms with Crippen LogP contribution in [0.15, 0.2) is 30.6 Å². The van der Waals surface area contributed by atoms with E-state index in [9.17, 15) is 4.79 Å². The molecule has 1 saturated heterocycles. The van der Waals surface area contributed by atoms with Gasteiger partial charge in [0.15, 0.2) is 0 Å². The van der Waals surface area contributed by atoms with Crippen molar-refractivity contribution in [3.63, 3.8) is 0 Å². The zero-order valence-corrected chi connectivity index (χ0v) is 14.9. The van der Waals surface area contributed by atoms with Crippen molar-refractivity contribution in [2.24, 2.45) is 5.92 Å². The van der Waals surface area contributed by atoms with Crippen LogP contribution in [0.1, 0.15) is 19.8 Å². The molecular formula is C17H20N6OS. The van der Waals surface area contributed by atoms with Crippen LogP contribution >= 0.6 is 11.3 Å². The zero-order chi connectivity index (χ0) is 17.2. The normalized spacial score (nSPS) is 17.8. The summed E-state index contributed by atoms with van der Waals surface area (Å²) >= 11 is 1.67. The highest BCUT2D eigenvalue weighted by Crippen LogP contribution is 2.32. The zero-order valence-electron chi connectivity index (χ0n) is 14.1. The Balaban J connectivity index is 1.45. The highest BCUT2D eigenvalue weighted by atomic mass is 32.1. The van der Waals surface area contributed by atoms with Crippen LogP contribution in [0.2, 0.25) is 0 Å². The van der Waals surface area contributed by atoms with Crippen molar-refractivity contribution in [1.29, 1.82) is 0 Å². The van der Waals surface area contributed by atoms with E-state index in [-0.39, 0.29) is 5.91 Å². The second-order valence-electron chi connectivity index (χ2n) is 6.43. The summed E-state index contributed by atoms with van der Waals surface area (Å²) in [6.45, 7) is 4.13. The van der Waals surface area contributed by atoms with E-state index in [0.29, 0.717) is 5.92 Å². The van der Waals surface area contributed by atoms with Gasteiger partial charge in [-0.1, -0.05) is 5.21 Å². The summed E-state index contributed by atoms with van der Waals surface area (Å²) in [6.07, 6.45) is 5.93. The van der Waals surface area contributed by atoms with E-state index in [1.54, 1.807) is 24.5 Å². The molecule has 4 heterocycles. The van der Waals surface area contributed by atoms with Gasteiger partial charge < -0.3 is 4.90 Å². The fraction of sp³-hybridized carbons (Fsp3) is 0.412. The summed E-state index contributed by atoms with van der Waals surface area (Å²) in [5, 5.41) is 15.6. The van der Waals surface area contributed by atoms with Crippen molar-refractivity contribution in [2.75, 3.05) is 13.1 Å². The molecular weight excluding hydrogens is 336 g/mol. The number of aromatic nitrogens is 5. The summed E-state index contributed by atoms with van der Waals surface area (Å²) in [4.78, 5) is 15.7. The summed E-state index contributed by atoms with van der Waals surface area (Å²) in [7, 11) is 0. The fourth-order valence-electron chi connectivity index (χ4n) is 3.28. The van der Waals surface area contributed by atoms with Gasteiger partial charge >= 0.3 is 0 Å². The molecule has 0 bridgehead atoms. The number of H-pyrrole nitrogens is 1. The molecule has 1 aliphatic rings. The highest BCUT2D eigenvalue weighted by Gasteiger charge is 2.22. The number of nitrogens with one attached hydrogen (secondary N) is 1. The number of likely N-dealkylation sites (tertiary alicyclic amines) is 1. The smallest absolute Gasteiger partial charge is 0.219 e. The third-order valence-electron chi connectivity index (χ3n) is 4.57. The van der Waals surface area contributed by atoms with E-state index < -0.39 is 0 Å². The van der Waals surface area contributed by atoms with Crippen LogP contribution in [0.5, 0.6) is 0 Å². The Morgan fingerprint density at radius 1 is 1.36 bits per heavy atom. The van der Waals surface area contributed by atoms with E-state index in [0.717, 1.165) is 53.6 Å². The number of hydrogen-bond donors (Lipinski definition) is 1. The lowest BCUT2D eigenvalue weighted by molar-refractivity contribution is -0.130. The van der Waals surface area contributed by atoms with E-state index in [4.69, 9.17) is 0 Å². The number of carbonyl (C=O) groups is 1. The number of thiophene rings is 1. The average molecular weight is 356 g/mol. The standard InChI is InChI=1S/C17H20N6OS/c1-12(24)22-8-2-3-13(9-22)10-23-11-15(20-21-23)17-5-4-16(25-17)14-6-7-18-19-14/h4-7,11,13H,2-3,8-10H2,1H3,(H,18,19)/t13-/m1/s1. The molecule has 0 saturated carbocycles. The van der Waals surface area contributed by atoms with Crippen molar-refractivity contribution in [3.05, 3.63) is 30.6 Å². The van der Waals surface area contributed by atoms with Gasteiger partial charge in [-0.05, 0) is 37.0 Å². The van der Waals surface area contributed by atoms with Gasteiger partial charge in [-0.25, -0.2) is 0 Å². The van der Waals surface area contributed by atoms with E-state index in [2.05, 4.69) is 32.6 Å². The number of amides is 1. The van der Waals surface area contributed by atoms with Crippen LogP contribution in [-0.2, 0) is 11.3 Å². The van der Waals surface area contributed by atoms with Crippen LogP contribution in [-0.4, -0.2) is 49.1 Å². The third-order valence-corrected chi connectivity index (χ3v) is 5.71. The van der Waals surface area contributed by atoms with Gasteiger partial charge in [0.25, 0.3) is 0 Å². The number of aromatic amines is 1. The molecule has 1 amide bonds. The van der Waals surface area contributed by atoms with E-state index >= 15 is 0 Å². The third kappa shape index (κ3) is 3.48. The number of carbonyl (C=O) groups excluding carboxylic acids is 1. The second kappa shape index (κ2) is 6.79. The quantitative estimate of drug-likeness (QED) is 0.779. The van der Waals surface area contributed by atoms with Crippen molar-refractivity contribution in [2.45, 2.75) is 26.3 Å². The largest absolute Gasteiger partial charge is 0.343 e. The number of piperidine rings is 1. The maximum absolute atomic E-state index is 11.6. The maximum atomic E-state index is 11.6. The molecule has 8 heteroatoms. The summed E-state index contributed by atoms with van der Waals surface area (Å²) in [5.74, 6) is 0.602. The van der Waals surface area contributed by atoms with Crippen LogP contribution in [0.4, 0.5) is 0 Å². The Hall–Kier alpha value is -2.48. The van der Waals surface area contributed by atoms with Gasteiger partial charge in [0.05, 0.1) is 21.6 Å². The van der Waals surface area contributed by atoms with Crippen molar-refractivity contribution < 1.29 is 4.79 Å². The molecule has 0 unspecified atom stereocenters. The highest BCUT2D eigenvalue weighted by molar-refractivity contribution is 7.18. The minimum Gasteiger partial charge on any atom is -0.343 e. The van der Waals surface area contributed by atoms with Crippen LogP contribution in [0.25, 0.3) is 21.1 Å². The summed E-state index contributed by atoms with van der Waals surface area (Å²) < 4.78 is 1.90. The molecule has 25 heavy (non-hydrogen) atoms. The van der Waals surface area contributed by atoms with Crippen molar-refractivity contribution >= 4 is 17.2 Å². The Bertz CT molecular complexity index is 852. The van der Waals surface area contributed by atoms with Gasteiger partial charge in [-0.3, -0.25) is 14.6 Å². The molecule has 0 spiro atoms. The van der Waals surface area contributed by atoms with Crippen LogP contribution in [0, 0.1) is 5.92 Å². The molecule has 3 aromatic heterocycles. The first kappa shape index (κ1) is 16.0. The number of nitrogens with zero attached hydrogens (tertiary/aromatic N) is 5. The predicted molar refractivity (Wildman–Crippen MR) is 95.9 cm³/mol. The first-order valence-electron chi connectivity index (χ1n) is 8.44. The molecule has 1 fully saturated rings. The van der Waals surface area contributed by atoms with Gasteiger partial charge in [-0.2, -0.15) is 5.10 Å². The van der Waals surface area contributed by atoms with Crippen molar-refractivity contribution in [3.8, 4) is 21.1 Å². The number of rotatable bonds is 4. The molecule has 4 rings (SSSR count). The molecule has 3 aromatic rings. The molecule has 0 aromatic carbocycles. The lowest BCUT2D eigenvalue weighted by atomic mass is 9.98. The molecule has 1 atom stereocenters. The van der Waals surface area contributed by atoms with Crippen molar-refractivity contribution in [1.82, 2.24) is 30.1 Å². The summed E-state index contributed by atoms with van der Waals surface area (Å²) in [5.41, 5.74) is 1.89. The monoisotopic (exact) mass is 356 g/mol. The first-order chi connectivity index (χ1) is 12.2. The van der Waals surface area contributed by atoms with E-state index in [1.807, 2.05) is 21.8 Å². The first-order valence-corrected chi connectivity index (χ1v) is 9.26. The van der Waals surface area contributed by atoms with Gasteiger partial charge in [0.2, 0.25) is 5.91 Å². The molecule has 1 aliphatic heterocycles. The SMILES string of the molecule is CC(=O)N1CCC[C@@H](Cn2cc(-c3ccc(-c4ccn[nH]4)s3)nn2)C1. The van der Waals surface area contributed by atoms with Gasteiger partial charge in [0.1, 0.15) is 5.69 Å². The number of hydrogen-bond acceptors (Lipinski definition) is 5. The molecule has 130 valence electrons. The maximum Gasteiger partial charge on any atom is 0.219 e. The second-order valence-corrected chi connectivity index (χ2v) is 7.52. The lowest BCUT2D eigenvalue weighted by Crippen LogP contribution is -2.39. The van der Waals surface area contributed by atoms with Crippen LogP contribution < -0.4 is 0 Å². The predicted octanol–water partition coefficient (Wildman–Crippen LogP) is 2.66. The Kier molecular flexibility index (Phi) is 4.35. The molecule has 0 aliphatic carbocycles. The average Bonchev–Trinajstić information content (AvgIpc) is 3.35. The van der Waals surface area contributed by atoms with Crippen LogP contribution in [0.3, 0.4) is 0 Å². The molecule has 1 N–H and O–H groups in total. The topological polar surface area (TPSA) is 79.7 Å². The summed E-state index contributed by atoms with van der Waals surface area (Å²) in [6, 6.07) is 6.09. The Morgan fingerprint density at radius 3 is 3.04 bits per heavy atom. The van der Waals surface area contributed by atoms with Gasteiger partial charge in [0, 0.05) is 32.8 Å². The minimum atomic E-state index is 0.161. The fourth-order valence-corrected chi connectivity index (χ4v) is 4.21. The molecule has 0 radical (unpaired) electrons. The minimum absolute atomic E-state index is 0.161. The van der Waals surface area contributed by atoms with Gasteiger partial charge in [-0.15, -0.1) is 16.4 Å². The lowest BCUT2D eigenvalue weighted by Gasteiger charge is -2.31. The van der Waals surface area contributed by atoms with E-state index in [1.165, 1.54) is 0 Å².